The van der Waals surface area contributed by atoms with Gasteiger partial charge in [-0.3, -0.25) is 4.79 Å². The average molecular weight is 314 g/mol. The van der Waals surface area contributed by atoms with Gasteiger partial charge in [0.05, 0.1) is 12.6 Å². The Morgan fingerprint density at radius 2 is 2.00 bits per heavy atom. The first-order valence-electron chi connectivity index (χ1n) is 7.69. The summed E-state index contributed by atoms with van der Waals surface area (Å²) in [6.45, 7) is 3.96. The van der Waals surface area contributed by atoms with Crippen molar-refractivity contribution in [3.05, 3.63) is 48.3 Å². The number of nitrogens with zero attached hydrogens (tertiary/aromatic N) is 2. The lowest BCUT2D eigenvalue weighted by Gasteiger charge is -2.22. The summed E-state index contributed by atoms with van der Waals surface area (Å²) in [6, 6.07) is 8.58. The number of hydrogen-bond donors (Lipinski definition) is 3. The normalized spacial score (nSPS) is 13.2. The van der Waals surface area contributed by atoms with Crippen molar-refractivity contribution in [2.45, 2.75) is 26.3 Å². The molecule has 1 heterocycles. The van der Waals surface area contributed by atoms with E-state index in [0.29, 0.717) is 11.5 Å². The molecule has 0 aliphatic heterocycles. The van der Waals surface area contributed by atoms with E-state index in [-0.39, 0.29) is 24.5 Å². The molecule has 23 heavy (non-hydrogen) atoms. The van der Waals surface area contributed by atoms with Gasteiger partial charge in [0.1, 0.15) is 0 Å². The second-order valence-electron chi connectivity index (χ2n) is 5.43. The lowest BCUT2D eigenvalue weighted by Crippen LogP contribution is -2.41. The number of nitrogens with one attached hydrogen (secondary N) is 2. The van der Waals surface area contributed by atoms with Crippen LogP contribution in [-0.2, 0) is 0 Å². The summed E-state index contributed by atoms with van der Waals surface area (Å²) in [5, 5.41) is 15.4. The van der Waals surface area contributed by atoms with Crippen LogP contribution in [-0.4, -0.2) is 33.6 Å². The topological polar surface area (TPSA) is 87.1 Å². The van der Waals surface area contributed by atoms with Crippen molar-refractivity contribution in [2.75, 3.05) is 11.9 Å². The molecular weight excluding hydrogens is 292 g/mol. The summed E-state index contributed by atoms with van der Waals surface area (Å²) < 4.78 is 0. The fourth-order valence-electron chi connectivity index (χ4n) is 2.14. The predicted molar refractivity (Wildman–Crippen MR) is 89.6 cm³/mol. The van der Waals surface area contributed by atoms with Gasteiger partial charge in [0.2, 0.25) is 5.95 Å². The van der Waals surface area contributed by atoms with E-state index < -0.39 is 0 Å². The van der Waals surface area contributed by atoms with Gasteiger partial charge in [-0.25, -0.2) is 9.97 Å². The molecule has 0 saturated heterocycles. The fraction of sp³-hybridized carbons (Fsp3) is 0.353. The van der Waals surface area contributed by atoms with Gasteiger partial charge in [0, 0.05) is 23.6 Å². The van der Waals surface area contributed by atoms with E-state index >= 15 is 0 Å². The van der Waals surface area contributed by atoms with Gasteiger partial charge in [0.15, 0.2) is 0 Å². The Labute approximate surface area is 136 Å². The molecule has 2 rings (SSSR count). The van der Waals surface area contributed by atoms with E-state index in [4.69, 9.17) is 0 Å². The minimum absolute atomic E-state index is 0.0729. The summed E-state index contributed by atoms with van der Waals surface area (Å²) in [7, 11) is 0. The highest BCUT2D eigenvalue weighted by Crippen LogP contribution is 2.15. The van der Waals surface area contributed by atoms with Crippen molar-refractivity contribution in [3.63, 3.8) is 0 Å². The monoisotopic (exact) mass is 314 g/mol. The van der Waals surface area contributed by atoms with Crippen LogP contribution in [0.5, 0.6) is 0 Å². The third-order valence-electron chi connectivity index (χ3n) is 3.79. The number of carbonyl (C=O) groups is 1. The number of aromatic nitrogens is 2. The van der Waals surface area contributed by atoms with Gasteiger partial charge >= 0.3 is 0 Å². The van der Waals surface area contributed by atoms with Crippen molar-refractivity contribution in [2.24, 2.45) is 5.92 Å². The summed E-state index contributed by atoms with van der Waals surface area (Å²) in [6.07, 6.45) is 4.17. The van der Waals surface area contributed by atoms with Crippen molar-refractivity contribution < 1.29 is 9.90 Å². The Morgan fingerprint density at radius 3 is 2.65 bits per heavy atom. The minimum Gasteiger partial charge on any atom is -0.394 e. The first kappa shape index (κ1) is 16.9. The quantitative estimate of drug-likeness (QED) is 0.730. The Kier molecular flexibility index (Phi) is 6.05. The van der Waals surface area contributed by atoms with Crippen molar-refractivity contribution in [3.8, 4) is 0 Å². The number of aliphatic hydroxyl groups is 1. The lowest BCUT2D eigenvalue weighted by atomic mass is 9.99. The summed E-state index contributed by atoms with van der Waals surface area (Å²) in [4.78, 5) is 20.5. The predicted octanol–water partition coefficient (Wildman–Crippen LogP) is 2.36. The number of amides is 1. The molecule has 0 unspecified atom stereocenters. The Bertz CT molecular complexity index is 634. The number of carbonyl (C=O) groups excluding carboxylic acids is 1. The number of rotatable bonds is 7. The van der Waals surface area contributed by atoms with Crippen molar-refractivity contribution in [1.82, 2.24) is 15.3 Å². The second-order valence-corrected chi connectivity index (χ2v) is 5.43. The molecule has 6 heteroatoms. The SMILES string of the molecule is CC[C@@H](C)[C@@H](CO)NC(=O)c1cccc(Nc2ncccn2)c1. The van der Waals surface area contributed by atoms with Crippen LogP contribution in [0.25, 0.3) is 0 Å². The molecule has 0 aliphatic rings. The highest BCUT2D eigenvalue weighted by atomic mass is 16.3. The van der Waals surface area contributed by atoms with Gasteiger partial charge in [-0.15, -0.1) is 0 Å². The van der Waals surface area contributed by atoms with Crippen molar-refractivity contribution in [1.29, 1.82) is 0 Å². The molecule has 1 amide bonds. The summed E-state index contributed by atoms with van der Waals surface area (Å²) in [5.74, 6) is 0.475. The Balaban J connectivity index is 2.08. The van der Waals surface area contributed by atoms with E-state index in [0.717, 1.165) is 12.1 Å². The molecule has 1 aromatic carbocycles. The highest BCUT2D eigenvalue weighted by molar-refractivity contribution is 5.95. The number of aliphatic hydroxyl groups excluding tert-OH is 1. The van der Waals surface area contributed by atoms with Crippen LogP contribution in [0.1, 0.15) is 30.6 Å². The molecule has 0 aliphatic carbocycles. The van der Waals surface area contributed by atoms with Crippen LogP contribution in [0.15, 0.2) is 42.7 Å². The molecule has 0 saturated carbocycles. The maximum Gasteiger partial charge on any atom is 0.251 e. The first-order chi connectivity index (χ1) is 11.1. The van der Waals surface area contributed by atoms with Gasteiger partial charge < -0.3 is 15.7 Å². The number of anilines is 2. The van der Waals surface area contributed by atoms with Crippen molar-refractivity contribution >= 4 is 17.5 Å². The molecule has 3 N–H and O–H groups in total. The third-order valence-corrected chi connectivity index (χ3v) is 3.79. The molecule has 122 valence electrons. The van der Waals surface area contributed by atoms with Crippen LogP contribution >= 0.6 is 0 Å². The standard InChI is InChI=1S/C17H22N4O2/c1-3-12(2)15(11-22)21-16(23)13-6-4-7-14(10-13)20-17-18-8-5-9-19-17/h4-10,12,15,22H,3,11H2,1-2H3,(H,21,23)(H,18,19,20)/t12-,15-/m1/s1. The molecule has 2 aromatic rings. The number of hydrogen-bond acceptors (Lipinski definition) is 5. The molecule has 0 spiro atoms. The van der Waals surface area contributed by atoms with E-state index in [1.54, 1.807) is 36.7 Å². The van der Waals surface area contributed by atoms with Crippen LogP contribution in [0.4, 0.5) is 11.6 Å². The molecule has 1 aromatic heterocycles. The van der Waals surface area contributed by atoms with Crippen LogP contribution in [0.3, 0.4) is 0 Å². The molecule has 0 radical (unpaired) electrons. The highest BCUT2D eigenvalue weighted by Gasteiger charge is 2.18. The second kappa shape index (κ2) is 8.24. The van der Waals surface area contributed by atoms with Gasteiger partial charge in [-0.2, -0.15) is 0 Å². The van der Waals surface area contributed by atoms with Crippen LogP contribution in [0, 0.1) is 5.92 Å². The van der Waals surface area contributed by atoms with E-state index in [2.05, 4.69) is 20.6 Å². The third kappa shape index (κ3) is 4.75. The molecule has 0 bridgehead atoms. The van der Waals surface area contributed by atoms with Gasteiger partial charge in [-0.05, 0) is 30.2 Å². The van der Waals surface area contributed by atoms with Crippen LogP contribution < -0.4 is 10.6 Å². The number of benzene rings is 1. The fourth-order valence-corrected chi connectivity index (χ4v) is 2.14. The van der Waals surface area contributed by atoms with Crippen LogP contribution in [0.2, 0.25) is 0 Å². The zero-order chi connectivity index (χ0) is 16.7. The average Bonchev–Trinajstić information content (AvgIpc) is 2.60. The largest absolute Gasteiger partial charge is 0.394 e. The molecule has 2 atom stereocenters. The smallest absolute Gasteiger partial charge is 0.251 e. The van der Waals surface area contributed by atoms with Gasteiger partial charge in [-0.1, -0.05) is 26.3 Å². The first-order valence-corrected chi connectivity index (χ1v) is 7.69. The Hall–Kier alpha value is -2.47. The van der Waals surface area contributed by atoms with E-state index in [9.17, 15) is 9.90 Å². The minimum atomic E-state index is -0.249. The zero-order valence-electron chi connectivity index (χ0n) is 13.4. The molecule has 6 nitrogen and oxygen atoms in total. The maximum atomic E-state index is 12.4. The molecular formula is C17H22N4O2. The Morgan fingerprint density at radius 1 is 1.26 bits per heavy atom. The summed E-state index contributed by atoms with van der Waals surface area (Å²) in [5.41, 5.74) is 1.25. The molecule has 0 fully saturated rings. The zero-order valence-corrected chi connectivity index (χ0v) is 13.4. The lowest BCUT2D eigenvalue weighted by molar-refractivity contribution is 0.0891. The maximum absolute atomic E-state index is 12.4. The van der Waals surface area contributed by atoms with E-state index in [1.807, 2.05) is 19.9 Å². The van der Waals surface area contributed by atoms with Gasteiger partial charge in [0.25, 0.3) is 5.91 Å². The van der Waals surface area contributed by atoms with E-state index in [1.165, 1.54) is 0 Å². The summed E-state index contributed by atoms with van der Waals surface area (Å²) >= 11 is 0.